The molecule has 7 heavy (non-hydrogen) atoms. The number of rotatable bonds is 2. The van der Waals surface area contributed by atoms with Gasteiger partial charge in [-0.3, -0.25) is 5.32 Å². The third kappa shape index (κ3) is 1.14. The fourth-order valence-corrected chi connectivity index (χ4v) is 0.648. The smallest absolute Gasteiger partial charge is 0.107 e. The Bertz CT molecular complexity index is 61.1. The molecule has 0 heterocycles. The van der Waals surface area contributed by atoms with E-state index in [1.54, 1.807) is 7.05 Å². The molecule has 1 unspecified atom stereocenters. The van der Waals surface area contributed by atoms with E-state index in [2.05, 4.69) is 5.32 Å². The third-order valence-electron chi connectivity index (χ3n) is 1.36. The summed E-state index contributed by atoms with van der Waals surface area (Å²) < 4.78 is 0. The van der Waals surface area contributed by atoms with Crippen LogP contribution in [-0.2, 0) is 0 Å². The Morgan fingerprint density at radius 3 is 2.43 bits per heavy atom. The number of hydrogen-bond donors (Lipinski definition) is 2. The molecule has 2 N–H and O–H groups in total. The molecule has 0 aromatic carbocycles. The summed E-state index contributed by atoms with van der Waals surface area (Å²) in [6.07, 6.45) is 2.16. The molecule has 1 aliphatic rings. The van der Waals surface area contributed by atoms with Crippen molar-refractivity contribution in [3.63, 3.8) is 0 Å². The molecule has 0 bridgehead atoms. The Kier molecular flexibility index (Phi) is 1.30. The molecular weight excluding hydrogens is 90.1 g/mol. The SMILES string of the molecule is CNC(O)C1CC1. The number of aliphatic hydroxyl groups excluding tert-OH is 1. The van der Waals surface area contributed by atoms with E-state index in [1.165, 1.54) is 12.8 Å². The Morgan fingerprint density at radius 2 is 2.29 bits per heavy atom. The van der Waals surface area contributed by atoms with Crippen molar-refractivity contribution in [1.82, 2.24) is 5.32 Å². The molecule has 1 rings (SSSR count). The van der Waals surface area contributed by atoms with Crippen LogP contribution < -0.4 is 5.32 Å². The van der Waals surface area contributed by atoms with Crippen LogP contribution in [0.2, 0.25) is 0 Å². The average molecular weight is 101 g/mol. The van der Waals surface area contributed by atoms with Gasteiger partial charge in [-0.15, -0.1) is 0 Å². The number of hydrogen-bond acceptors (Lipinski definition) is 2. The summed E-state index contributed by atoms with van der Waals surface area (Å²) in [5.74, 6) is 0.560. The van der Waals surface area contributed by atoms with Gasteiger partial charge in [-0.2, -0.15) is 0 Å². The summed E-state index contributed by atoms with van der Waals surface area (Å²) in [5.41, 5.74) is 0. The van der Waals surface area contributed by atoms with Gasteiger partial charge in [-0.05, 0) is 25.8 Å². The first-order chi connectivity index (χ1) is 3.34. The minimum Gasteiger partial charge on any atom is -0.378 e. The van der Waals surface area contributed by atoms with Crippen molar-refractivity contribution in [2.45, 2.75) is 19.1 Å². The van der Waals surface area contributed by atoms with E-state index in [0.29, 0.717) is 5.92 Å². The molecule has 1 atom stereocenters. The minimum absolute atomic E-state index is 0.236. The van der Waals surface area contributed by atoms with Gasteiger partial charge in [-0.25, -0.2) is 0 Å². The lowest BCUT2D eigenvalue weighted by atomic mass is 10.4. The maximum absolute atomic E-state index is 8.89. The molecule has 1 saturated carbocycles. The molecule has 0 spiro atoms. The van der Waals surface area contributed by atoms with Gasteiger partial charge in [0.25, 0.3) is 0 Å². The standard InChI is InChI=1S/C5H11NO/c1-6-5(7)4-2-3-4/h4-7H,2-3H2,1H3. The van der Waals surface area contributed by atoms with Crippen molar-refractivity contribution >= 4 is 0 Å². The zero-order valence-corrected chi connectivity index (χ0v) is 4.52. The summed E-state index contributed by atoms with van der Waals surface area (Å²) in [6.45, 7) is 0. The van der Waals surface area contributed by atoms with Gasteiger partial charge < -0.3 is 5.11 Å². The van der Waals surface area contributed by atoms with E-state index >= 15 is 0 Å². The van der Waals surface area contributed by atoms with E-state index < -0.39 is 0 Å². The Hall–Kier alpha value is -0.0800. The van der Waals surface area contributed by atoms with E-state index in [4.69, 9.17) is 5.11 Å². The molecule has 0 radical (unpaired) electrons. The highest BCUT2D eigenvalue weighted by Crippen LogP contribution is 2.30. The molecule has 1 fully saturated rings. The lowest BCUT2D eigenvalue weighted by molar-refractivity contribution is 0.124. The van der Waals surface area contributed by atoms with E-state index in [0.717, 1.165) is 0 Å². The Labute approximate surface area is 43.5 Å². The molecule has 2 nitrogen and oxygen atoms in total. The maximum atomic E-state index is 8.89. The summed E-state index contributed by atoms with van der Waals surface area (Å²) in [5, 5.41) is 11.7. The largest absolute Gasteiger partial charge is 0.378 e. The van der Waals surface area contributed by atoms with Crippen LogP contribution >= 0.6 is 0 Å². The van der Waals surface area contributed by atoms with Gasteiger partial charge in [0.1, 0.15) is 6.23 Å². The molecular formula is C5H11NO. The van der Waals surface area contributed by atoms with Crippen LogP contribution in [-0.4, -0.2) is 18.4 Å². The Balaban J connectivity index is 2.10. The van der Waals surface area contributed by atoms with Gasteiger partial charge in [0, 0.05) is 0 Å². The second-order valence-electron chi connectivity index (χ2n) is 2.07. The van der Waals surface area contributed by atoms with Crippen molar-refractivity contribution in [2.75, 3.05) is 7.05 Å². The molecule has 0 amide bonds. The highest BCUT2D eigenvalue weighted by Gasteiger charge is 2.28. The highest BCUT2D eigenvalue weighted by molar-refractivity contribution is 4.77. The average Bonchev–Trinajstić information content (AvgIpc) is 2.44. The highest BCUT2D eigenvalue weighted by atomic mass is 16.3. The van der Waals surface area contributed by atoms with Crippen molar-refractivity contribution < 1.29 is 5.11 Å². The molecule has 0 saturated heterocycles. The zero-order valence-electron chi connectivity index (χ0n) is 4.52. The summed E-state index contributed by atoms with van der Waals surface area (Å²) in [4.78, 5) is 0. The van der Waals surface area contributed by atoms with Gasteiger partial charge in [0.05, 0.1) is 0 Å². The van der Waals surface area contributed by atoms with Crippen molar-refractivity contribution in [1.29, 1.82) is 0 Å². The minimum atomic E-state index is -0.236. The monoisotopic (exact) mass is 101 g/mol. The normalized spacial score (nSPS) is 24.9. The van der Waals surface area contributed by atoms with E-state index in [9.17, 15) is 0 Å². The first-order valence-corrected chi connectivity index (χ1v) is 2.70. The molecule has 0 aromatic rings. The van der Waals surface area contributed by atoms with Crippen LogP contribution in [0.1, 0.15) is 12.8 Å². The Morgan fingerprint density at radius 1 is 1.71 bits per heavy atom. The van der Waals surface area contributed by atoms with Gasteiger partial charge >= 0.3 is 0 Å². The van der Waals surface area contributed by atoms with E-state index in [-0.39, 0.29) is 6.23 Å². The summed E-state index contributed by atoms with van der Waals surface area (Å²) in [6, 6.07) is 0. The van der Waals surface area contributed by atoms with Crippen LogP contribution in [0.25, 0.3) is 0 Å². The second-order valence-corrected chi connectivity index (χ2v) is 2.07. The fourth-order valence-electron chi connectivity index (χ4n) is 0.648. The van der Waals surface area contributed by atoms with Crippen molar-refractivity contribution in [2.24, 2.45) is 5.92 Å². The molecule has 0 aliphatic heterocycles. The lowest BCUT2D eigenvalue weighted by Crippen LogP contribution is -2.26. The van der Waals surface area contributed by atoms with Crippen molar-refractivity contribution in [3.8, 4) is 0 Å². The molecule has 2 heteroatoms. The van der Waals surface area contributed by atoms with Gasteiger partial charge in [0.2, 0.25) is 0 Å². The molecule has 1 aliphatic carbocycles. The van der Waals surface area contributed by atoms with Crippen LogP contribution in [0.5, 0.6) is 0 Å². The predicted molar refractivity (Wildman–Crippen MR) is 27.8 cm³/mol. The predicted octanol–water partition coefficient (Wildman–Crippen LogP) is -0.0658. The zero-order chi connectivity index (χ0) is 5.28. The topological polar surface area (TPSA) is 32.3 Å². The van der Waals surface area contributed by atoms with E-state index in [1.807, 2.05) is 0 Å². The van der Waals surface area contributed by atoms with Crippen molar-refractivity contribution in [3.05, 3.63) is 0 Å². The lowest BCUT2D eigenvalue weighted by Gasteiger charge is -2.03. The summed E-state index contributed by atoms with van der Waals surface area (Å²) >= 11 is 0. The first-order valence-electron chi connectivity index (χ1n) is 2.70. The van der Waals surface area contributed by atoms with Gasteiger partial charge in [0.15, 0.2) is 0 Å². The second kappa shape index (κ2) is 1.80. The third-order valence-corrected chi connectivity index (χ3v) is 1.36. The van der Waals surface area contributed by atoms with Crippen LogP contribution in [0, 0.1) is 5.92 Å². The summed E-state index contributed by atoms with van der Waals surface area (Å²) in [7, 11) is 1.78. The molecule has 42 valence electrons. The quantitative estimate of drug-likeness (QED) is 0.477. The maximum Gasteiger partial charge on any atom is 0.107 e. The van der Waals surface area contributed by atoms with Gasteiger partial charge in [-0.1, -0.05) is 0 Å². The number of nitrogens with one attached hydrogen (secondary N) is 1. The molecule has 0 aromatic heterocycles. The first kappa shape index (κ1) is 5.06. The van der Waals surface area contributed by atoms with Crippen LogP contribution in [0.4, 0.5) is 0 Å². The number of aliphatic hydroxyl groups is 1. The fraction of sp³-hybridized carbons (Fsp3) is 1.00. The van der Waals surface area contributed by atoms with Crippen LogP contribution in [0.3, 0.4) is 0 Å². The van der Waals surface area contributed by atoms with Crippen LogP contribution in [0.15, 0.2) is 0 Å².